The molecule has 0 fully saturated rings. The number of anilines is 2. The summed E-state index contributed by atoms with van der Waals surface area (Å²) in [5.41, 5.74) is 3.04. The van der Waals surface area contributed by atoms with Gasteiger partial charge >= 0.3 is 0 Å². The lowest BCUT2D eigenvalue weighted by molar-refractivity contribution is -0.383. The van der Waals surface area contributed by atoms with Crippen LogP contribution in [0.25, 0.3) is 21.8 Å². The maximum Gasteiger partial charge on any atom is 0.295 e. The highest BCUT2D eigenvalue weighted by Crippen LogP contribution is 2.42. The molecule has 30 heavy (non-hydrogen) atoms. The molecule has 0 atom stereocenters. The number of hydrogen-bond donors (Lipinski definition) is 1. The molecule has 2 heterocycles. The number of fused-ring (bicyclic) bond motifs is 2. The van der Waals surface area contributed by atoms with Crippen molar-refractivity contribution in [1.29, 1.82) is 0 Å². The van der Waals surface area contributed by atoms with Gasteiger partial charge in [-0.1, -0.05) is 13.8 Å². The van der Waals surface area contributed by atoms with E-state index in [0.717, 1.165) is 67.2 Å². The molecule has 4 rings (SSSR count). The van der Waals surface area contributed by atoms with E-state index in [1.54, 1.807) is 13.2 Å². The quantitative estimate of drug-likeness (QED) is 0.360. The number of nitrogens with one attached hydrogen (secondary N) is 1. The Bertz CT molecular complexity index is 1100. The van der Waals surface area contributed by atoms with Crippen LogP contribution in [-0.2, 0) is 0 Å². The largest absolute Gasteiger partial charge is 0.497 e. The molecule has 0 bridgehead atoms. The molecule has 3 aromatic rings. The predicted molar refractivity (Wildman–Crippen MR) is 121 cm³/mol. The Morgan fingerprint density at radius 2 is 2.07 bits per heavy atom. The average molecular weight is 409 g/mol. The molecule has 0 spiro atoms. The van der Waals surface area contributed by atoms with Crippen molar-refractivity contribution in [2.45, 2.75) is 13.8 Å². The van der Waals surface area contributed by atoms with Gasteiger partial charge in [0.1, 0.15) is 5.75 Å². The van der Waals surface area contributed by atoms with Gasteiger partial charge in [-0.2, -0.15) is 0 Å². The molecule has 8 heteroatoms. The van der Waals surface area contributed by atoms with E-state index in [-0.39, 0.29) is 10.6 Å². The topological polar surface area (TPSA) is 83.8 Å². The highest BCUT2D eigenvalue weighted by atomic mass is 16.6. The summed E-state index contributed by atoms with van der Waals surface area (Å²) in [5.74, 6) is 0.733. The fourth-order valence-electron chi connectivity index (χ4n) is 4.19. The normalized spacial score (nSPS) is 13.5. The number of benzene rings is 2. The first-order chi connectivity index (χ1) is 14.6. The van der Waals surface area contributed by atoms with Gasteiger partial charge in [0.05, 0.1) is 28.6 Å². The number of hydrogen-bond acceptors (Lipinski definition) is 7. The maximum absolute atomic E-state index is 11.7. The van der Waals surface area contributed by atoms with Crippen molar-refractivity contribution >= 4 is 38.9 Å². The van der Waals surface area contributed by atoms with E-state index in [4.69, 9.17) is 9.72 Å². The van der Waals surface area contributed by atoms with Gasteiger partial charge in [-0.25, -0.2) is 4.98 Å². The Kier molecular flexibility index (Phi) is 5.59. The smallest absolute Gasteiger partial charge is 0.295 e. The Hall–Kier alpha value is -3.13. The van der Waals surface area contributed by atoms with Gasteiger partial charge in [0.2, 0.25) is 0 Å². The first-order valence-corrected chi connectivity index (χ1v) is 10.4. The van der Waals surface area contributed by atoms with Crippen molar-refractivity contribution in [2.75, 3.05) is 56.6 Å². The zero-order valence-corrected chi connectivity index (χ0v) is 17.6. The number of nitro groups is 1. The van der Waals surface area contributed by atoms with Gasteiger partial charge in [-0.3, -0.25) is 10.1 Å². The molecule has 2 aromatic carbocycles. The van der Waals surface area contributed by atoms with Gasteiger partial charge < -0.3 is 19.9 Å². The Morgan fingerprint density at radius 1 is 1.27 bits per heavy atom. The standard InChI is InChI=1S/C22H27N5O3/c1-4-25(5-2)12-13-26-11-10-23-21-16-14-15(30-3)6-7-17(16)24-22-19(27(28)29)9-8-18(26)20(21)22/h6-9,14,23H,4-5,10-13H2,1-3H3. The Morgan fingerprint density at radius 3 is 2.77 bits per heavy atom. The van der Waals surface area contributed by atoms with Gasteiger partial charge in [0.25, 0.3) is 5.69 Å². The van der Waals surface area contributed by atoms with Gasteiger partial charge in [0, 0.05) is 43.3 Å². The summed E-state index contributed by atoms with van der Waals surface area (Å²) in [6.07, 6.45) is 0. The predicted octanol–water partition coefficient (Wildman–Crippen LogP) is 3.88. The lowest BCUT2D eigenvalue weighted by Crippen LogP contribution is -2.36. The Labute approximate surface area is 175 Å². The monoisotopic (exact) mass is 409 g/mol. The summed E-state index contributed by atoms with van der Waals surface area (Å²) in [6, 6.07) is 9.08. The van der Waals surface area contributed by atoms with E-state index < -0.39 is 0 Å². The molecule has 0 amide bonds. The van der Waals surface area contributed by atoms with E-state index in [2.05, 4.69) is 29.0 Å². The third-order valence-electron chi connectivity index (χ3n) is 5.89. The van der Waals surface area contributed by atoms with Gasteiger partial charge in [-0.05, 0) is 37.4 Å². The second kappa shape index (κ2) is 8.31. The number of rotatable bonds is 7. The van der Waals surface area contributed by atoms with Crippen LogP contribution in [0.4, 0.5) is 17.1 Å². The van der Waals surface area contributed by atoms with Crippen molar-refractivity contribution in [1.82, 2.24) is 9.88 Å². The minimum Gasteiger partial charge on any atom is -0.497 e. The van der Waals surface area contributed by atoms with Crippen molar-refractivity contribution in [2.24, 2.45) is 0 Å². The van der Waals surface area contributed by atoms with Crippen molar-refractivity contribution in [3.63, 3.8) is 0 Å². The first kappa shape index (κ1) is 20.2. The summed E-state index contributed by atoms with van der Waals surface area (Å²) in [4.78, 5) is 20.8. The summed E-state index contributed by atoms with van der Waals surface area (Å²) in [7, 11) is 1.63. The summed E-state index contributed by atoms with van der Waals surface area (Å²) >= 11 is 0. The zero-order valence-electron chi connectivity index (χ0n) is 17.6. The molecule has 1 N–H and O–H groups in total. The number of non-ortho nitro benzene ring substituents is 1. The molecule has 158 valence electrons. The van der Waals surface area contributed by atoms with Crippen LogP contribution in [0, 0.1) is 10.1 Å². The molecular weight excluding hydrogens is 382 g/mol. The fraction of sp³-hybridized carbons (Fsp3) is 0.409. The highest BCUT2D eigenvalue weighted by molar-refractivity contribution is 6.15. The van der Waals surface area contributed by atoms with Crippen LogP contribution in [0.3, 0.4) is 0 Å². The van der Waals surface area contributed by atoms with Crippen molar-refractivity contribution in [3.8, 4) is 5.75 Å². The molecule has 8 nitrogen and oxygen atoms in total. The molecule has 0 radical (unpaired) electrons. The summed E-state index contributed by atoms with van der Waals surface area (Å²) < 4.78 is 5.41. The zero-order chi connectivity index (χ0) is 21.3. The third-order valence-corrected chi connectivity index (χ3v) is 5.89. The maximum atomic E-state index is 11.7. The van der Waals surface area contributed by atoms with Crippen LogP contribution in [0.5, 0.6) is 5.75 Å². The van der Waals surface area contributed by atoms with Crippen molar-refractivity contribution < 1.29 is 9.66 Å². The Balaban J connectivity index is 1.94. The molecular formula is C22H27N5O3. The average Bonchev–Trinajstić information content (AvgIpc) is 2.95. The fourth-order valence-corrected chi connectivity index (χ4v) is 4.19. The number of likely N-dealkylation sites (N-methyl/N-ethyl adjacent to an activating group) is 1. The van der Waals surface area contributed by atoms with Crippen LogP contribution in [0.2, 0.25) is 0 Å². The number of ether oxygens (including phenoxy) is 1. The molecule has 0 saturated heterocycles. The number of methoxy groups -OCH3 is 1. The second-order valence-electron chi connectivity index (χ2n) is 7.40. The molecule has 0 unspecified atom stereocenters. The lowest BCUT2D eigenvalue weighted by atomic mass is 10.0. The van der Waals surface area contributed by atoms with E-state index in [1.165, 1.54) is 0 Å². The van der Waals surface area contributed by atoms with Crippen LogP contribution in [-0.4, -0.2) is 61.2 Å². The number of nitro benzene ring substituents is 1. The highest BCUT2D eigenvalue weighted by Gasteiger charge is 2.25. The molecule has 1 aliphatic heterocycles. The van der Waals surface area contributed by atoms with Crippen LogP contribution < -0.4 is 15.0 Å². The first-order valence-electron chi connectivity index (χ1n) is 10.4. The van der Waals surface area contributed by atoms with Gasteiger partial charge in [0.15, 0.2) is 5.52 Å². The van der Waals surface area contributed by atoms with E-state index in [9.17, 15) is 10.1 Å². The SMILES string of the molecule is CCN(CC)CCN1CCNc2c3cc(OC)ccc3nc3c([N+](=O)[O-])ccc1c23. The second-order valence-corrected chi connectivity index (χ2v) is 7.40. The number of pyridine rings is 1. The summed E-state index contributed by atoms with van der Waals surface area (Å²) in [5, 5.41) is 17.0. The van der Waals surface area contributed by atoms with E-state index in [1.807, 2.05) is 24.3 Å². The van der Waals surface area contributed by atoms with E-state index >= 15 is 0 Å². The molecule has 1 aliphatic rings. The van der Waals surface area contributed by atoms with Crippen LogP contribution >= 0.6 is 0 Å². The van der Waals surface area contributed by atoms with Crippen LogP contribution in [0.15, 0.2) is 30.3 Å². The minimum absolute atomic E-state index is 0.0279. The van der Waals surface area contributed by atoms with E-state index in [0.29, 0.717) is 11.0 Å². The number of nitrogens with zero attached hydrogens (tertiary/aromatic N) is 4. The third kappa shape index (κ3) is 3.47. The molecule has 1 aromatic heterocycles. The van der Waals surface area contributed by atoms with Crippen LogP contribution in [0.1, 0.15) is 13.8 Å². The lowest BCUT2D eigenvalue weighted by Gasteiger charge is -2.27. The van der Waals surface area contributed by atoms with Crippen molar-refractivity contribution in [3.05, 3.63) is 40.4 Å². The molecule has 0 saturated carbocycles. The molecule has 0 aliphatic carbocycles. The van der Waals surface area contributed by atoms with Gasteiger partial charge in [-0.15, -0.1) is 0 Å². The number of aromatic nitrogens is 1. The summed E-state index contributed by atoms with van der Waals surface area (Å²) in [6.45, 7) is 9.68. The minimum atomic E-state index is -0.351.